The van der Waals surface area contributed by atoms with E-state index in [0.29, 0.717) is 24.1 Å². The molecule has 2 aliphatic rings. The van der Waals surface area contributed by atoms with E-state index in [0.717, 1.165) is 36.1 Å². The number of rotatable bonds is 5. The van der Waals surface area contributed by atoms with Crippen LogP contribution in [0, 0.1) is 11.3 Å². The number of nitrogens with zero attached hydrogens (tertiary/aromatic N) is 2. The van der Waals surface area contributed by atoms with Crippen molar-refractivity contribution in [1.82, 2.24) is 4.90 Å². The second-order valence-electron chi connectivity index (χ2n) is 9.21. The summed E-state index contributed by atoms with van der Waals surface area (Å²) in [5.41, 5.74) is 4.59. The third-order valence-electron chi connectivity index (χ3n) is 7.06. The average molecular weight is 409 g/mol. The number of piperidine rings is 1. The van der Waals surface area contributed by atoms with Crippen molar-refractivity contribution in [2.24, 2.45) is 0 Å². The van der Waals surface area contributed by atoms with E-state index in [4.69, 9.17) is 0 Å². The van der Waals surface area contributed by atoms with Crippen molar-refractivity contribution in [1.29, 1.82) is 5.26 Å². The molecule has 2 bridgehead atoms. The standard InChI is InChI=1S/C28H28N2O/c29-19-24-8-4-5-9-27(24)23-12-10-21(11-13-23)16-28(31)17-25-14-15-26(18-28)30(25)20-22-6-2-1-3-7-22/h1-13,25-26,31H,14-18,20H2. The molecular formula is C28H28N2O. The number of benzene rings is 3. The van der Waals surface area contributed by atoms with Crippen LogP contribution in [0.5, 0.6) is 0 Å². The zero-order chi connectivity index (χ0) is 21.3. The predicted octanol–water partition coefficient (Wildman–Crippen LogP) is 5.33. The van der Waals surface area contributed by atoms with Crippen LogP contribution < -0.4 is 0 Å². The van der Waals surface area contributed by atoms with E-state index in [1.165, 1.54) is 18.4 Å². The van der Waals surface area contributed by atoms with Gasteiger partial charge in [0.25, 0.3) is 0 Å². The van der Waals surface area contributed by atoms with E-state index in [1.54, 1.807) is 0 Å². The Balaban J connectivity index is 1.28. The van der Waals surface area contributed by atoms with Gasteiger partial charge >= 0.3 is 0 Å². The Hall–Kier alpha value is -2.93. The van der Waals surface area contributed by atoms with Gasteiger partial charge in [0, 0.05) is 25.0 Å². The number of fused-ring (bicyclic) bond motifs is 2. The van der Waals surface area contributed by atoms with Crippen molar-refractivity contribution in [3.05, 3.63) is 95.6 Å². The minimum Gasteiger partial charge on any atom is -0.389 e. The molecule has 0 aliphatic carbocycles. The van der Waals surface area contributed by atoms with Gasteiger partial charge in [0.05, 0.1) is 17.2 Å². The lowest BCUT2D eigenvalue weighted by Gasteiger charge is -2.44. The maximum absolute atomic E-state index is 11.5. The van der Waals surface area contributed by atoms with E-state index in [-0.39, 0.29) is 0 Å². The zero-order valence-corrected chi connectivity index (χ0v) is 17.7. The summed E-state index contributed by atoms with van der Waals surface area (Å²) in [6.45, 7) is 0.985. The first kappa shape index (κ1) is 20.0. The molecule has 0 radical (unpaired) electrons. The van der Waals surface area contributed by atoms with Crippen LogP contribution in [-0.4, -0.2) is 27.7 Å². The van der Waals surface area contributed by atoms with E-state index >= 15 is 0 Å². The number of aliphatic hydroxyl groups is 1. The number of nitriles is 1. The summed E-state index contributed by atoms with van der Waals surface area (Å²) in [6.07, 6.45) is 4.75. The normalized spacial score (nSPS) is 25.3. The molecule has 2 aliphatic heterocycles. The van der Waals surface area contributed by atoms with Crippen LogP contribution in [0.4, 0.5) is 0 Å². The van der Waals surface area contributed by atoms with Crippen molar-refractivity contribution in [3.8, 4) is 17.2 Å². The molecular weight excluding hydrogens is 380 g/mol. The first-order valence-corrected chi connectivity index (χ1v) is 11.2. The molecule has 2 atom stereocenters. The first-order chi connectivity index (χ1) is 15.1. The molecule has 2 saturated heterocycles. The Bertz CT molecular complexity index is 1070. The Labute approximate surface area is 184 Å². The molecule has 5 rings (SSSR count). The summed E-state index contributed by atoms with van der Waals surface area (Å²) in [6, 6.07) is 30.0. The van der Waals surface area contributed by atoms with Crippen LogP contribution >= 0.6 is 0 Å². The highest BCUT2D eigenvalue weighted by Crippen LogP contribution is 2.43. The van der Waals surface area contributed by atoms with Gasteiger partial charge in [-0.1, -0.05) is 72.8 Å². The van der Waals surface area contributed by atoms with Gasteiger partial charge in [0.15, 0.2) is 0 Å². The molecule has 156 valence electrons. The third-order valence-corrected chi connectivity index (χ3v) is 7.06. The van der Waals surface area contributed by atoms with Crippen molar-refractivity contribution in [2.75, 3.05) is 0 Å². The molecule has 2 heterocycles. The summed E-state index contributed by atoms with van der Waals surface area (Å²) in [5.74, 6) is 0. The third kappa shape index (κ3) is 4.14. The van der Waals surface area contributed by atoms with E-state index < -0.39 is 5.60 Å². The number of hydrogen-bond donors (Lipinski definition) is 1. The molecule has 0 spiro atoms. The first-order valence-electron chi connectivity index (χ1n) is 11.2. The van der Waals surface area contributed by atoms with Crippen molar-refractivity contribution in [2.45, 2.75) is 56.3 Å². The summed E-state index contributed by atoms with van der Waals surface area (Å²) in [4.78, 5) is 2.62. The van der Waals surface area contributed by atoms with Gasteiger partial charge in [0.1, 0.15) is 0 Å². The van der Waals surface area contributed by atoms with Crippen LogP contribution in [0.3, 0.4) is 0 Å². The fourth-order valence-electron chi connectivity index (χ4n) is 5.62. The molecule has 2 fully saturated rings. The van der Waals surface area contributed by atoms with Crippen LogP contribution in [-0.2, 0) is 13.0 Å². The van der Waals surface area contributed by atoms with Gasteiger partial charge in [-0.05, 0) is 54.0 Å². The van der Waals surface area contributed by atoms with Crippen LogP contribution in [0.25, 0.3) is 11.1 Å². The molecule has 0 aromatic heterocycles. The molecule has 3 nitrogen and oxygen atoms in total. The van der Waals surface area contributed by atoms with Crippen molar-refractivity contribution < 1.29 is 5.11 Å². The van der Waals surface area contributed by atoms with E-state index in [2.05, 4.69) is 65.6 Å². The molecule has 3 heteroatoms. The Morgan fingerprint density at radius 3 is 2.16 bits per heavy atom. The Kier molecular flexibility index (Phi) is 5.36. The smallest absolute Gasteiger partial charge is 0.0998 e. The summed E-state index contributed by atoms with van der Waals surface area (Å²) < 4.78 is 0. The maximum atomic E-state index is 11.5. The van der Waals surface area contributed by atoms with Crippen LogP contribution in [0.1, 0.15) is 42.4 Å². The highest BCUT2D eigenvalue weighted by Gasteiger charge is 2.47. The van der Waals surface area contributed by atoms with Crippen molar-refractivity contribution >= 4 is 0 Å². The van der Waals surface area contributed by atoms with Gasteiger partial charge in [-0.25, -0.2) is 0 Å². The monoisotopic (exact) mass is 408 g/mol. The highest BCUT2D eigenvalue weighted by molar-refractivity contribution is 5.70. The maximum Gasteiger partial charge on any atom is 0.0998 e. The molecule has 2 unspecified atom stereocenters. The minimum absolute atomic E-state index is 0.464. The zero-order valence-electron chi connectivity index (χ0n) is 17.7. The van der Waals surface area contributed by atoms with Crippen molar-refractivity contribution in [3.63, 3.8) is 0 Å². The fourth-order valence-corrected chi connectivity index (χ4v) is 5.62. The molecule has 3 aromatic rings. The average Bonchev–Trinajstić information content (AvgIpc) is 3.04. The largest absolute Gasteiger partial charge is 0.389 e. The molecule has 0 saturated carbocycles. The topological polar surface area (TPSA) is 47.3 Å². The lowest BCUT2D eigenvalue weighted by molar-refractivity contribution is -0.0540. The second-order valence-corrected chi connectivity index (χ2v) is 9.21. The summed E-state index contributed by atoms with van der Waals surface area (Å²) >= 11 is 0. The SMILES string of the molecule is N#Cc1ccccc1-c1ccc(CC2(O)CC3CCC(C2)N3Cc2ccccc2)cc1. The number of hydrogen-bond acceptors (Lipinski definition) is 3. The lowest BCUT2D eigenvalue weighted by atomic mass is 9.81. The fraction of sp³-hybridized carbons (Fsp3) is 0.321. The van der Waals surface area contributed by atoms with Gasteiger partial charge in [0.2, 0.25) is 0 Å². The van der Waals surface area contributed by atoms with Gasteiger partial charge < -0.3 is 5.11 Å². The Morgan fingerprint density at radius 2 is 1.48 bits per heavy atom. The molecule has 1 N–H and O–H groups in total. The predicted molar refractivity (Wildman–Crippen MR) is 123 cm³/mol. The second kappa shape index (κ2) is 8.30. The molecule has 0 amide bonds. The highest BCUT2D eigenvalue weighted by atomic mass is 16.3. The lowest BCUT2D eigenvalue weighted by Crippen LogP contribution is -2.51. The van der Waals surface area contributed by atoms with E-state index in [1.807, 2.05) is 24.3 Å². The van der Waals surface area contributed by atoms with Crippen LogP contribution in [0.2, 0.25) is 0 Å². The molecule has 3 aromatic carbocycles. The van der Waals surface area contributed by atoms with Gasteiger partial charge in [-0.15, -0.1) is 0 Å². The van der Waals surface area contributed by atoms with Crippen LogP contribution in [0.15, 0.2) is 78.9 Å². The quantitative estimate of drug-likeness (QED) is 0.621. The van der Waals surface area contributed by atoms with E-state index in [9.17, 15) is 10.4 Å². The minimum atomic E-state index is -0.634. The van der Waals surface area contributed by atoms with Gasteiger partial charge in [-0.3, -0.25) is 4.90 Å². The Morgan fingerprint density at radius 1 is 0.839 bits per heavy atom. The van der Waals surface area contributed by atoms with Gasteiger partial charge in [-0.2, -0.15) is 5.26 Å². The summed E-state index contributed by atoms with van der Waals surface area (Å²) in [5, 5.41) is 20.9. The summed E-state index contributed by atoms with van der Waals surface area (Å²) in [7, 11) is 0. The molecule has 31 heavy (non-hydrogen) atoms.